The van der Waals surface area contributed by atoms with Crippen molar-refractivity contribution in [2.45, 2.75) is 32.9 Å². The monoisotopic (exact) mass is 458 g/mol. The summed E-state index contributed by atoms with van der Waals surface area (Å²) in [6.07, 6.45) is 5.99. The number of aromatic amines is 1. The highest BCUT2D eigenvalue weighted by Crippen LogP contribution is 2.33. The minimum Gasteiger partial charge on any atom is -0.486 e. The molecule has 0 saturated heterocycles. The molecule has 10 heteroatoms. The summed E-state index contributed by atoms with van der Waals surface area (Å²) >= 11 is 12.5. The van der Waals surface area contributed by atoms with Crippen molar-refractivity contribution < 1.29 is 9.53 Å². The Balaban J connectivity index is 1.58. The summed E-state index contributed by atoms with van der Waals surface area (Å²) in [6.45, 7) is 5.86. The number of benzene rings is 1. The van der Waals surface area contributed by atoms with Gasteiger partial charge in [-0.1, -0.05) is 23.2 Å². The van der Waals surface area contributed by atoms with Crippen LogP contribution in [0.1, 0.15) is 49.0 Å². The molecule has 1 atom stereocenters. The second kappa shape index (κ2) is 8.56. The quantitative estimate of drug-likeness (QED) is 0.401. The fourth-order valence-corrected chi connectivity index (χ4v) is 3.86. The van der Waals surface area contributed by atoms with Gasteiger partial charge in [0.2, 0.25) is 0 Å². The number of ether oxygens (including phenoxy) is 1. The van der Waals surface area contributed by atoms with Gasteiger partial charge in [-0.25, -0.2) is 0 Å². The van der Waals surface area contributed by atoms with Crippen LogP contribution in [0.2, 0.25) is 10.0 Å². The average molecular weight is 459 g/mol. The van der Waals surface area contributed by atoms with E-state index in [1.165, 1.54) is 12.4 Å². The maximum atomic E-state index is 12.8. The van der Waals surface area contributed by atoms with Crippen LogP contribution < -0.4 is 10.1 Å². The smallest absolute Gasteiger partial charge is 0.276 e. The third kappa shape index (κ3) is 4.35. The Hall–Kier alpha value is -3.10. The number of hydrogen-bond donors (Lipinski definition) is 2. The topological polar surface area (TPSA) is 97.7 Å². The van der Waals surface area contributed by atoms with E-state index in [2.05, 4.69) is 25.6 Å². The first kappa shape index (κ1) is 21.1. The molecule has 4 aromatic rings. The Morgan fingerprint density at radius 2 is 1.90 bits per heavy atom. The van der Waals surface area contributed by atoms with E-state index in [1.54, 1.807) is 35.3 Å². The normalized spacial score (nSPS) is 12.3. The van der Waals surface area contributed by atoms with Crippen molar-refractivity contribution in [1.82, 2.24) is 25.0 Å². The van der Waals surface area contributed by atoms with Crippen LogP contribution in [-0.4, -0.2) is 30.9 Å². The predicted octanol–water partition coefficient (Wildman–Crippen LogP) is 5.43. The minimum absolute atomic E-state index is 0.195. The van der Waals surface area contributed by atoms with Crippen LogP contribution in [0.5, 0.6) is 5.75 Å². The number of carbonyl (C=O) groups excluding carboxylic acids is 1. The average Bonchev–Trinajstić information content (AvgIpc) is 3.34. The number of hydrogen-bond acceptors (Lipinski definition) is 5. The molecule has 0 aliphatic carbocycles. The lowest BCUT2D eigenvalue weighted by Gasteiger charge is -2.17. The molecule has 0 saturated carbocycles. The standard InChI is InChI=1S/C21H20Cl2N6O2/c1-11(2)29-10-13(7-25-29)26-21(30)20-15-6-14(4-5-18(15)27-28-20)31-12(3)19-16(22)8-24-9-17(19)23/h4-12H,1-3H3,(H,26,30)(H,27,28). The van der Waals surface area contributed by atoms with Gasteiger partial charge in [-0.3, -0.25) is 19.6 Å². The molecule has 0 aliphatic rings. The molecule has 3 heterocycles. The zero-order valence-corrected chi connectivity index (χ0v) is 18.6. The largest absolute Gasteiger partial charge is 0.486 e. The molecule has 160 valence electrons. The van der Waals surface area contributed by atoms with Gasteiger partial charge in [-0.05, 0) is 39.0 Å². The first-order valence-corrected chi connectivity index (χ1v) is 10.4. The van der Waals surface area contributed by atoms with Crippen molar-refractivity contribution in [2.24, 2.45) is 0 Å². The molecule has 0 radical (unpaired) electrons. The van der Waals surface area contributed by atoms with Crippen LogP contribution >= 0.6 is 23.2 Å². The summed E-state index contributed by atoms with van der Waals surface area (Å²) in [6, 6.07) is 5.54. The van der Waals surface area contributed by atoms with E-state index in [9.17, 15) is 4.79 Å². The van der Waals surface area contributed by atoms with Crippen LogP contribution in [0.15, 0.2) is 43.0 Å². The number of pyridine rings is 1. The van der Waals surface area contributed by atoms with Gasteiger partial charge in [0.05, 0.1) is 27.4 Å². The number of nitrogens with one attached hydrogen (secondary N) is 2. The SMILES string of the molecule is CC(Oc1ccc2[nH]nc(C(=O)Nc3cnn(C(C)C)c3)c2c1)c1c(Cl)cncc1Cl. The lowest BCUT2D eigenvalue weighted by Crippen LogP contribution is -2.12. The number of rotatable bonds is 6. The number of aromatic nitrogens is 5. The van der Waals surface area contributed by atoms with E-state index in [-0.39, 0.29) is 17.6 Å². The van der Waals surface area contributed by atoms with Gasteiger partial charge in [0.25, 0.3) is 5.91 Å². The molecule has 8 nitrogen and oxygen atoms in total. The summed E-state index contributed by atoms with van der Waals surface area (Å²) < 4.78 is 7.80. The second-order valence-corrected chi connectivity index (χ2v) is 8.13. The van der Waals surface area contributed by atoms with Crippen LogP contribution in [-0.2, 0) is 0 Å². The Labute approximate surface area is 188 Å². The Morgan fingerprint density at radius 3 is 2.58 bits per heavy atom. The highest BCUT2D eigenvalue weighted by molar-refractivity contribution is 6.35. The molecular weight excluding hydrogens is 439 g/mol. The predicted molar refractivity (Wildman–Crippen MR) is 120 cm³/mol. The molecule has 0 spiro atoms. The van der Waals surface area contributed by atoms with E-state index in [4.69, 9.17) is 27.9 Å². The second-order valence-electron chi connectivity index (χ2n) is 7.31. The third-order valence-corrected chi connectivity index (χ3v) is 5.35. The Kier molecular flexibility index (Phi) is 5.84. The molecule has 1 unspecified atom stereocenters. The van der Waals surface area contributed by atoms with Gasteiger partial charge >= 0.3 is 0 Å². The van der Waals surface area contributed by atoms with E-state index in [0.29, 0.717) is 37.9 Å². The minimum atomic E-state index is -0.425. The van der Waals surface area contributed by atoms with Crippen LogP contribution in [0.4, 0.5) is 5.69 Å². The summed E-state index contributed by atoms with van der Waals surface area (Å²) in [5.41, 5.74) is 2.21. The van der Waals surface area contributed by atoms with E-state index >= 15 is 0 Å². The van der Waals surface area contributed by atoms with Gasteiger partial charge in [0, 0.05) is 35.6 Å². The molecule has 3 aromatic heterocycles. The lowest BCUT2D eigenvalue weighted by atomic mass is 10.1. The number of fused-ring (bicyclic) bond motifs is 1. The highest BCUT2D eigenvalue weighted by Gasteiger charge is 2.19. The first-order chi connectivity index (χ1) is 14.8. The summed E-state index contributed by atoms with van der Waals surface area (Å²) in [5.74, 6) is 0.201. The van der Waals surface area contributed by atoms with Crippen molar-refractivity contribution in [3.05, 3.63) is 64.3 Å². The molecule has 0 aliphatic heterocycles. The maximum Gasteiger partial charge on any atom is 0.276 e. The summed E-state index contributed by atoms with van der Waals surface area (Å²) in [5, 5.41) is 15.6. The highest BCUT2D eigenvalue weighted by atomic mass is 35.5. The van der Waals surface area contributed by atoms with Crippen LogP contribution in [0, 0.1) is 0 Å². The van der Waals surface area contributed by atoms with Gasteiger partial charge in [-0.2, -0.15) is 10.2 Å². The zero-order chi connectivity index (χ0) is 22.1. The number of anilines is 1. The number of nitrogens with zero attached hydrogens (tertiary/aromatic N) is 4. The number of halogens is 2. The third-order valence-electron chi connectivity index (χ3n) is 4.75. The Bertz CT molecular complexity index is 1230. The molecule has 2 N–H and O–H groups in total. The summed E-state index contributed by atoms with van der Waals surface area (Å²) in [7, 11) is 0. The molecule has 4 rings (SSSR count). The van der Waals surface area contributed by atoms with Crippen molar-refractivity contribution in [3.63, 3.8) is 0 Å². The summed E-state index contributed by atoms with van der Waals surface area (Å²) in [4.78, 5) is 16.8. The number of H-pyrrole nitrogens is 1. The lowest BCUT2D eigenvalue weighted by molar-refractivity contribution is 0.102. The van der Waals surface area contributed by atoms with Gasteiger partial charge in [0.15, 0.2) is 5.69 Å². The van der Waals surface area contributed by atoms with E-state index in [0.717, 1.165) is 0 Å². The number of amides is 1. The van der Waals surface area contributed by atoms with Crippen molar-refractivity contribution in [2.75, 3.05) is 5.32 Å². The van der Waals surface area contributed by atoms with Gasteiger partial charge < -0.3 is 10.1 Å². The molecule has 0 fully saturated rings. The maximum absolute atomic E-state index is 12.8. The fourth-order valence-electron chi connectivity index (χ4n) is 3.19. The van der Waals surface area contributed by atoms with Crippen molar-refractivity contribution in [3.8, 4) is 5.75 Å². The molecule has 31 heavy (non-hydrogen) atoms. The van der Waals surface area contributed by atoms with E-state index < -0.39 is 6.10 Å². The first-order valence-electron chi connectivity index (χ1n) is 9.62. The zero-order valence-electron chi connectivity index (χ0n) is 17.1. The van der Waals surface area contributed by atoms with Crippen LogP contribution in [0.25, 0.3) is 10.9 Å². The molecule has 1 aromatic carbocycles. The van der Waals surface area contributed by atoms with Gasteiger partial charge in [0.1, 0.15) is 11.9 Å². The van der Waals surface area contributed by atoms with Crippen molar-refractivity contribution >= 4 is 45.7 Å². The van der Waals surface area contributed by atoms with E-state index in [1.807, 2.05) is 20.8 Å². The Morgan fingerprint density at radius 1 is 1.16 bits per heavy atom. The molecule has 1 amide bonds. The van der Waals surface area contributed by atoms with Gasteiger partial charge in [-0.15, -0.1) is 0 Å². The van der Waals surface area contributed by atoms with Crippen LogP contribution in [0.3, 0.4) is 0 Å². The molecule has 0 bridgehead atoms. The number of carbonyl (C=O) groups is 1. The van der Waals surface area contributed by atoms with Crippen molar-refractivity contribution in [1.29, 1.82) is 0 Å². The molecular formula is C21H20Cl2N6O2. The fraction of sp³-hybridized carbons (Fsp3) is 0.238.